The fourth-order valence-corrected chi connectivity index (χ4v) is 2.63. The summed E-state index contributed by atoms with van der Waals surface area (Å²) in [5, 5.41) is 6.57. The van der Waals surface area contributed by atoms with E-state index in [-0.39, 0.29) is 5.91 Å². The van der Waals surface area contributed by atoms with E-state index >= 15 is 0 Å². The lowest BCUT2D eigenvalue weighted by atomic mass is 10.1. The minimum absolute atomic E-state index is 0.293. The molecule has 7 heteroatoms. The van der Waals surface area contributed by atoms with E-state index in [1.54, 1.807) is 42.5 Å². The van der Waals surface area contributed by atoms with Crippen LogP contribution >= 0.6 is 15.9 Å². The molecule has 0 fully saturated rings. The summed E-state index contributed by atoms with van der Waals surface area (Å²) >= 11 is 3.19. The van der Waals surface area contributed by atoms with Crippen LogP contribution in [0.4, 0.5) is 5.69 Å². The van der Waals surface area contributed by atoms with Crippen molar-refractivity contribution in [2.75, 3.05) is 5.32 Å². The Kier molecular flexibility index (Phi) is 6.54. The zero-order valence-electron chi connectivity index (χ0n) is 14.6. The van der Waals surface area contributed by atoms with Gasteiger partial charge in [0.15, 0.2) is 4.67 Å². The van der Waals surface area contributed by atoms with Crippen molar-refractivity contribution in [3.63, 3.8) is 0 Å². The van der Waals surface area contributed by atoms with Gasteiger partial charge in [0.2, 0.25) is 5.91 Å². The number of benzene rings is 2. The predicted molar refractivity (Wildman–Crippen MR) is 112 cm³/mol. The average Bonchev–Trinajstić information content (AvgIpc) is 3.12. The van der Waals surface area contributed by atoms with E-state index < -0.39 is 5.91 Å². The van der Waals surface area contributed by atoms with Crippen LogP contribution < -0.4 is 10.7 Å². The van der Waals surface area contributed by atoms with E-state index in [1.165, 1.54) is 12.3 Å². The molecule has 0 saturated carbocycles. The first-order chi connectivity index (χ1) is 13.6. The largest absolute Gasteiger partial charge is 0.448 e. The Bertz CT molecular complexity index is 1030. The number of furan rings is 1. The number of nitrogens with zero attached hydrogens (tertiary/aromatic N) is 1. The van der Waals surface area contributed by atoms with Crippen LogP contribution in [0.1, 0.15) is 21.7 Å². The summed E-state index contributed by atoms with van der Waals surface area (Å²) in [5.41, 5.74) is 4.00. The molecule has 1 aromatic heterocycles. The SMILES string of the molecule is O=C(/C=C/c1ccccc1)Nc1ccccc1C(=O)N/N=C\c1ccc(Br)o1. The Morgan fingerprint density at radius 2 is 1.71 bits per heavy atom. The van der Waals surface area contributed by atoms with Gasteiger partial charge in [-0.05, 0) is 51.8 Å². The van der Waals surface area contributed by atoms with Gasteiger partial charge in [-0.2, -0.15) is 5.10 Å². The number of anilines is 1. The summed E-state index contributed by atoms with van der Waals surface area (Å²) in [6.45, 7) is 0. The second-order valence-electron chi connectivity index (χ2n) is 5.62. The van der Waals surface area contributed by atoms with Crippen LogP contribution in [0.15, 0.2) is 87.0 Å². The molecular weight excluding hydrogens is 422 g/mol. The molecule has 0 aliphatic carbocycles. The molecular formula is C21H16BrN3O3. The molecule has 0 atom stereocenters. The molecule has 0 aliphatic rings. The maximum atomic E-state index is 12.4. The van der Waals surface area contributed by atoms with Gasteiger partial charge < -0.3 is 9.73 Å². The van der Waals surface area contributed by atoms with E-state index in [1.807, 2.05) is 30.3 Å². The van der Waals surface area contributed by atoms with Gasteiger partial charge in [-0.15, -0.1) is 0 Å². The van der Waals surface area contributed by atoms with Gasteiger partial charge in [-0.1, -0.05) is 42.5 Å². The van der Waals surface area contributed by atoms with Gasteiger partial charge in [-0.3, -0.25) is 9.59 Å². The summed E-state index contributed by atoms with van der Waals surface area (Å²) in [4.78, 5) is 24.6. The minimum Gasteiger partial charge on any atom is -0.448 e. The normalized spacial score (nSPS) is 11.0. The van der Waals surface area contributed by atoms with E-state index in [4.69, 9.17) is 4.42 Å². The molecule has 140 valence electrons. The summed E-state index contributed by atoms with van der Waals surface area (Å²) in [5.74, 6) is -0.308. The van der Waals surface area contributed by atoms with Crippen molar-refractivity contribution in [2.24, 2.45) is 5.10 Å². The van der Waals surface area contributed by atoms with Gasteiger partial charge >= 0.3 is 0 Å². The molecule has 28 heavy (non-hydrogen) atoms. The first kappa shape index (κ1) is 19.3. The molecule has 0 saturated heterocycles. The molecule has 0 aliphatic heterocycles. The lowest BCUT2D eigenvalue weighted by Gasteiger charge is -2.08. The number of carbonyl (C=O) groups excluding carboxylic acids is 2. The highest BCUT2D eigenvalue weighted by molar-refractivity contribution is 9.10. The van der Waals surface area contributed by atoms with E-state index in [2.05, 4.69) is 31.8 Å². The molecule has 0 spiro atoms. The number of hydrazone groups is 1. The second-order valence-corrected chi connectivity index (χ2v) is 6.40. The molecule has 0 unspecified atom stereocenters. The number of hydrogen-bond donors (Lipinski definition) is 2. The van der Waals surface area contributed by atoms with E-state index in [9.17, 15) is 9.59 Å². The van der Waals surface area contributed by atoms with Crippen LogP contribution in [0.3, 0.4) is 0 Å². The smallest absolute Gasteiger partial charge is 0.273 e. The summed E-state index contributed by atoms with van der Waals surface area (Å²) in [6.07, 6.45) is 4.49. The summed E-state index contributed by atoms with van der Waals surface area (Å²) in [7, 11) is 0. The third-order valence-corrected chi connectivity index (χ3v) is 4.03. The van der Waals surface area contributed by atoms with Gasteiger partial charge in [0, 0.05) is 6.08 Å². The molecule has 2 amide bonds. The van der Waals surface area contributed by atoms with Crippen molar-refractivity contribution >= 4 is 45.7 Å². The van der Waals surface area contributed by atoms with Crippen LogP contribution in [0, 0.1) is 0 Å². The third-order valence-electron chi connectivity index (χ3n) is 3.61. The quantitative estimate of drug-likeness (QED) is 0.339. The highest BCUT2D eigenvalue weighted by Gasteiger charge is 2.11. The Balaban J connectivity index is 1.65. The number of carbonyl (C=O) groups is 2. The monoisotopic (exact) mass is 437 g/mol. The zero-order chi connectivity index (χ0) is 19.8. The summed E-state index contributed by atoms with van der Waals surface area (Å²) < 4.78 is 5.83. The van der Waals surface area contributed by atoms with Gasteiger partial charge in [-0.25, -0.2) is 5.43 Å². The highest BCUT2D eigenvalue weighted by atomic mass is 79.9. The average molecular weight is 438 g/mol. The molecule has 0 bridgehead atoms. The molecule has 6 nitrogen and oxygen atoms in total. The standard InChI is InChI=1S/C21H16BrN3O3/c22-19-12-11-16(28-19)14-23-25-21(27)17-8-4-5-9-18(17)24-20(26)13-10-15-6-2-1-3-7-15/h1-14H,(H,24,26)(H,25,27)/b13-10+,23-14-. The van der Waals surface area contributed by atoms with E-state index in [0.29, 0.717) is 21.7 Å². The molecule has 3 rings (SSSR count). The molecule has 0 radical (unpaired) electrons. The van der Waals surface area contributed by atoms with Crippen molar-refractivity contribution in [3.05, 3.63) is 94.4 Å². The minimum atomic E-state index is -0.454. The number of hydrogen-bond acceptors (Lipinski definition) is 4. The lowest BCUT2D eigenvalue weighted by molar-refractivity contribution is -0.111. The Morgan fingerprint density at radius 1 is 0.964 bits per heavy atom. The van der Waals surface area contributed by atoms with Crippen molar-refractivity contribution in [3.8, 4) is 0 Å². The van der Waals surface area contributed by atoms with Crippen LogP contribution in [0.25, 0.3) is 6.08 Å². The maximum absolute atomic E-state index is 12.4. The van der Waals surface area contributed by atoms with Crippen molar-refractivity contribution in [1.29, 1.82) is 0 Å². The lowest BCUT2D eigenvalue weighted by Crippen LogP contribution is -2.20. The van der Waals surface area contributed by atoms with Crippen LogP contribution in [0.2, 0.25) is 0 Å². The molecule has 2 aromatic carbocycles. The van der Waals surface area contributed by atoms with Gasteiger partial charge in [0.1, 0.15) is 5.76 Å². The number of amides is 2. The number of rotatable bonds is 6. The van der Waals surface area contributed by atoms with Crippen LogP contribution in [0.5, 0.6) is 0 Å². The molecule has 3 aromatic rings. The molecule has 1 heterocycles. The first-order valence-electron chi connectivity index (χ1n) is 8.34. The fourth-order valence-electron chi connectivity index (χ4n) is 2.31. The van der Waals surface area contributed by atoms with Crippen LogP contribution in [-0.2, 0) is 4.79 Å². The Hall–Kier alpha value is -3.45. The first-order valence-corrected chi connectivity index (χ1v) is 9.13. The zero-order valence-corrected chi connectivity index (χ0v) is 16.2. The highest BCUT2D eigenvalue weighted by Crippen LogP contribution is 2.15. The Labute approximate surface area is 170 Å². The molecule has 2 N–H and O–H groups in total. The number of halogens is 1. The topological polar surface area (TPSA) is 83.7 Å². The predicted octanol–water partition coefficient (Wildman–Crippen LogP) is 4.46. The summed E-state index contributed by atoms with van der Waals surface area (Å²) in [6, 6.07) is 19.6. The third kappa shape index (κ3) is 5.52. The second kappa shape index (κ2) is 9.48. The maximum Gasteiger partial charge on any atom is 0.273 e. The van der Waals surface area contributed by atoms with E-state index in [0.717, 1.165) is 5.56 Å². The van der Waals surface area contributed by atoms with Crippen molar-refractivity contribution in [1.82, 2.24) is 5.43 Å². The van der Waals surface area contributed by atoms with Crippen LogP contribution in [-0.4, -0.2) is 18.0 Å². The Morgan fingerprint density at radius 3 is 2.46 bits per heavy atom. The van der Waals surface area contributed by atoms with Gasteiger partial charge in [0.05, 0.1) is 17.5 Å². The number of para-hydroxylation sites is 1. The number of nitrogens with one attached hydrogen (secondary N) is 2. The van der Waals surface area contributed by atoms with Gasteiger partial charge in [0.25, 0.3) is 5.91 Å². The van der Waals surface area contributed by atoms with Crippen molar-refractivity contribution < 1.29 is 14.0 Å². The van der Waals surface area contributed by atoms with Crippen molar-refractivity contribution in [2.45, 2.75) is 0 Å². The fraction of sp³-hybridized carbons (Fsp3) is 0.